The van der Waals surface area contributed by atoms with Gasteiger partial charge in [-0.2, -0.15) is 0 Å². The summed E-state index contributed by atoms with van der Waals surface area (Å²) in [5.41, 5.74) is 12.2. The van der Waals surface area contributed by atoms with E-state index >= 15 is 0 Å². The number of rotatable bonds is 4. The molecule has 0 bridgehead atoms. The van der Waals surface area contributed by atoms with Crippen molar-refractivity contribution in [2.75, 3.05) is 0 Å². The van der Waals surface area contributed by atoms with E-state index in [0.29, 0.717) is 11.5 Å². The molecule has 1 aromatic carbocycles. The van der Waals surface area contributed by atoms with Crippen LogP contribution >= 0.6 is 57.5 Å². The molecule has 19 heavy (non-hydrogen) atoms. The van der Waals surface area contributed by atoms with Crippen LogP contribution in [0.4, 0.5) is 4.39 Å². The van der Waals surface area contributed by atoms with E-state index in [2.05, 4.69) is 0 Å². The second-order valence-electron chi connectivity index (χ2n) is 3.22. The zero-order chi connectivity index (χ0) is 12.8. The van der Waals surface area contributed by atoms with Gasteiger partial charge in [-0.1, -0.05) is 29.6 Å². The van der Waals surface area contributed by atoms with Crippen LogP contribution in [0.25, 0.3) is 0 Å². The van der Waals surface area contributed by atoms with Gasteiger partial charge >= 0.3 is 0 Å². The number of nitrogens with one attached hydrogen (secondary N) is 2. The number of hydrogen-bond donors (Lipinski definition) is 4. The predicted octanol–water partition coefficient (Wildman–Crippen LogP) is 3.23. The van der Waals surface area contributed by atoms with E-state index in [1.165, 1.54) is 23.9 Å². The van der Waals surface area contributed by atoms with E-state index in [0.717, 1.165) is 22.9 Å². The van der Waals surface area contributed by atoms with Crippen LogP contribution in [0.3, 0.4) is 0 Å². The molecule has 0 aliphatic heterocycles. The van der Waals surface area contributed by atoms with Gasteiger partial charge in [-0.15, -0.1) is 34.0 Å². The standard InChI is InChI=1S/C10H13FN4S2.2BrH/c11-8-2-1-6(4-16-9(12)13)7(3-8)5-17-10(14)15;;/h1-3H,4-5H2,(H3,12,13)(H3,14,15);2*1H. The summed E-state index contributed by atoms with van der Waals surface area (Å²) in [5, 5.41) is 14.3. The van der Waals surface area contributed by atoms with Gasteiger partial charge in [0.1, 0.15) is 5.82 Å². The van der Waals surface area contributed by atoms with Crippen LogP contribution in [0.5, 0.6) is 0 Å². The first-order chi connectivity index (χ1) is 7.99. The Morgan fingerprint density at radius 3 is 1.95 bits per heavy atom. The molecule has 4 nitrogen and oxygen atoms in total. The Hall–Kier alpha value is -0.250. The number of benzene rings is 1. The Kier molecular flexibility index (Phi) is 11.7. The van der Waals surface area contributed by atoms with Gasteiger partial charge in [-0.3, -0.25) is 10.8 Å². The van der Waals surface area contributed by atoms with Crippen LogP contribution in [-0.2, 0) is 11.5 Å². The maximum absolute atomic E-state index is 13.1. The minimum Gasteiger partial charge on any atom is -0.379 e. The van der Waals surface area contributed by atoms with Crippen molar-refractivity contribution in [1.82, 2.24) is 0 Å². The molecule has 1 rings (SSSR count). The highest BCUT2D eigenvalue weighted by Gasteiger charge is 2.06. The lowest BCUT2D eigenvalue weighted by molar-refractivity contribution is 0.626. The van der Waals surface area contributed by atoms with Gasteiger partial charge in [0.25, 0.3) is 0 Å². The fourth-order valence-corrected chi connectivity index (χ4v) is 2.35. The zero-order valence-electron chi connectivity index (χ0n) is 9.81. The second-order valence-corrected chi connectivity index (χ2v) is 5.25. The van der Waals surface area contributed by atoms with Crippen LogP contribution in [0, 0.1) is 16.6 Å². The monoisotopic (exact) mass is 432 g/mol. The Balaban J connectivity index is 0. The third-order valence-electron chi connectivity index (χ3n) is 1.93. The molecule has 0 aliphatic carbocycles. The molecular formula is C10H15Br2FN4S2. The van der Waals surface area contributed by atoms with E-state index in [9.17, 15) is 4.39 Å². The summed E-state index contributed by atoms with van der Waals surface area (Å²) < 4.78 is 13.1. The molecule has 0 aromatic heterocycles. The Labute approximate surface area is 140 Å². The molecule has 0 heterocycles. The van der Waals surface area contributed by atoms with Crippen molar-refractivity contribution >= 4 is 67.8 Å². The molecule has 0 aliphatic rings. The fraction of sp³-hybridized carbons (Fsp3) is 0.200. The Morgan fingerprint density at radius 2 is 1.47 bits per heavy atom. The summed E-state index contributed by atoms with van der Waals surface area (Å²) in [4.78, 5) is 0. The molecular weight excluding hydrogens is 419 g/mol. The number of hydrogen-bond acceptors (Lipinski definition) is 4. The van der Waals surface area contributed by atoms with Gasteiger partial charge in [0, 0.05) is 11.5 Å². The number of thioether (sulfide) groups is 2. The Bertz CT molecular complexity index is 446. The molecule has 6 N–H and O–H groups in total. The van der Waals surface area contributed by atoms with Crippen molar-refractivity contribution in [3.8, 4) is 0 Å². The van der Waals surface area contributed by atoms with Crippen molar-refractivity contribution < 1.29 is 4.39 Å². The number of nitrogens with two attached hydrogens (primary N) is 2. The van der Waals surface area contributed by atoms with E-state index in [1.54, 1.807) is 6.07 Å². The molecule has 9 heteroatoms. The number of halogens is 3. The highest BCUT2D eigenvalue weighted by molar-refractivity contribution is 8.93. The summed E-state index contributed by atoms with van der Waals surface area (Å²) in [6, 6.07) is 4.46. The van der Waals surface area contributed by atoms with Crippen LogP contribution < -0.4 is 11.5 Å². The SMILES string of the molecule is Br.Br.N=C(N)SCc1ccc(F)cc1CSC(=N)N. The van der Waals surface area contributed by atoms with Crippen LogP contribution in [0.15, 0.2) is 18.2 Å². The number of amidine groups is 2. The van der Waals surface area contributed by atoms with Gasteiger partial charge in [-0.05, 0) is 23.3 Å². The lowest BCUT2D eigenvalue weighted by Crippen LogP contribution is -2.06. The highest BCUT2D eigenvalue weighted by Crippen LogP contribution is 2.21. The van der Waals surface area contributed by atoms with Crippen LogP contribution in [0.2, 0.25) is 0 Å². The van der Waals surface area contributed by atoms with E-state index in [1.807, 2.05) is 0 Å². The Morgan fingerprint density at radius 1 is 1.00 bits per heavy atom. The molecule has 0 saturated heterocycles. The smallest absolute Gasteiger partial charge is 0.151 e. The van der Waals surface area contributed by atoms with Gasteiger partial charge in [0.05, 0.1) is 0 Å². The van der Waals surface area contributed by atoms with Crippen LogP contribution in [0.1, 0.15) is 11.1 Å². The molecule has 0 amide bonds. The van der Waals surface area contributed by atoms with Crippen molar-refractivity contribution in [3.05, 3.63) is 35.1 Å². The lowest BCUT2D eigenvalue weighted by atomic mass is 10.1. The van der Waals surface area contributed by atoms with Crippen molar-refractivity contribution in [1.29, 1.82) is 10.8 Å². The maximum Gasteiger partial charge on any atom is 0.151 e. The lowest BCUT2D eigenvalue weighted by Gasteiger charge is -2.08. The zero-order valence-corrected chi connectivity index (χ0v) is 14.9. The molecule has 0 unspecified atom stereocenters. The summed E-state index contributed by atoms with van der Waals surface area (Å²) >= 11 is 2.32. The van der Waals surface area contributed by atoms with Gasteiger partial charge in [-0.25, -0.2) is 4.39 Å². The quantitative estimate of drug-likeness (QED) is 0.432. The summed E-state index contributed by atoms with van der Waals surface area (Å²) in [6.45, 7) is 0. The first-order valence-electron chi connectivity index (χ1n) is 4.70. The topological polar surface area (TPSA) is 99.7 Å². The first-order valence-corrected chi connectivity index (χ1v) is 6.67. The molecule has 1 aromatic rings. The largest absolute Gasteiger partial charge is 0.379 e. The first kappa shape index (κ1) is 21.1. The summed E-state index contributed by atoms with van der Waals surface area (Å²) in [5.74, 6) is 0.644. The van der Waals surface area contributed by atoms with Crippen molar-refractivity contribution in [2.45, 2.75) is 11.5 Å². The predicted molar refractivity (Wildman–Crippen MR) is 93.5 cm³/mol. The fourth-order valence-electron chi connectivity index (χ4n) is 1.18. The average molecular weight is 434 g/mol. The van der Waals surface area contributed by atoms with E-state index < -0.39 is 0 Å². The van der Waals surface area contributed by atoms with E-state index in [-0.39, 0.29) is 50.1 Å². The molecule has 0 spiro atoms. The normalized spacial score (nSPS) is 9.11. The van der Waals surface area contributed by atoms with Crippen LogP contribution in [-0.4, -0.2) is 10.3 Å². The minimum atomic E-state index is -0.319. The molecule has 0 atom stereocenters. The molecule has 108 valence electrons. The third-order valence-corrected chi connectivity index (χ3v) is 3.47. The molecule has 0 radical (unpaired) electrons. The molecule has 0 fully saturated rings. The van der Waals surface area contributed by atoms with Gasteiger partial charge in [0.2, 0.25) is 0 Å². The van der Waals surface area contributed by atoms with Gasteiger partial charge < -0.3 is 11.5 Å². The summed E-state index contributed by atoms with van der Waals surface area (Å²) in [7, 11) is 0. The van der Waals surface area contributed by atoms with Gasteiger partial charge in [0.15, 0.2) is 10.3 Å². The van der Waals surface area contributed by atoms with Crippen molar-refractivity contribution in [3.63, 3.8) is 0 Å². The maximum atomic E-state index is 13.1. The third kappa shape index (κ3) is 8.51. The average Bonchev–Trinajstić information content (AvgIpc) is 2.24. The van der Waals surface area contributed by atoms with E-state index in [4.69, 9.17) is 22.3 Å². The second kappa shape index (κ2) is 10.5. The minimum absolute atomic E-state index is 0. The molecule has 0 saturated carbocycles. The summed E-state index contributed by atoms with van der Waals surface area (Å²) in [6.07, 6.45) is 0. The van der Waals surface area contributed by atoms with Crippen molar-refractivity contribution in [2.24, 2.45) is 11.5 Å². The highest BCUT2D eigenvalue weighted by atomic mass is 79.9.